The number of hydrogen-bond donors (Lipinski definition) is 1. The van der Waals surface area contributed by atoms with Crippen molar-refractivity contribution >= 4 is 44.3 Å². The van der Waals surface area contributed by atoms with Crippen LogP contribution < -0.4 is 5.32 Å². The lowest BCUT2D eigenvalue weighted by atomic mass is 10.1. The highest BCUT2D eigenvalue weighted by atomic mass is 32.1. The van der Waals surface area contributed by atoms with Crippen LogP contribution in [-0.4, -0.2) is 31.1 Å². The van der Waals surface area contributed by atoms with Crippen LogP contribution in [-0.2, 0) is 9.47 Å². The summed E-state index contributed by atoms with van der Waals surface area (Å²) >= 11 is 1.25. The second-order valence-electron chi connectivity index (χ2n) is 5.04. The molecule has 0 spiro atoms. The average Bonchev–Trinajstić information content (AvgIpc) is 3.01. The highest BCUT2D eigenvalue weighted by Crippen LogP contribution is 2.29. The topological polar surface area (TPSA) is 77.5 Å². The Labute approximate surface area is 146 Å². The van der Waals surface area contributed by atoms with Crippen LogP contribution in [0.5, 0.6) is 0 Å². The second kappa shape index (κ2) is 6.86. The third kappa shape index (κ3) is 3.58. The first-order chi connectivity index (χ1) is 12.0. The number of ether oxygens (including phenoxy) is 2. The van der Waals surface area contributed by atoms with Crippen LogP contribution >= 0.6 is 11.3 Å². The van der Waals surface area contributed by atoms with Crippen LogP contribution in [0.3, 0.4) is 0 Å². The zero-order valence-electron chi connectivity index (χ0n) is 13.3. The molecule has 0 saturated carbocycles. The first kappa shape index (κ1) is 16.8. The molecule has 3 rings (SSSR count). The number of benzene rings is 2. The highest BCUT2D eigenvalue weighted by Gasteiger charge is 2.15. The fraction of sp³-hybridized carbons (Fsp3) is 0.118. The Balaban J connectivity index is 1.99. The molecule has 6 nitrogen and oxygen atoms in total. The number of nitrogens with one attached hydrogen (secondary N) is 1. The molecule has 0 radical (unpaired) electrons. The van der Waals surface area contributed by atoms with Gasteiger partial charge in [0.05, 0.1) is 35.6 Å². The van der Waals surface area contributed by atoms with E-state index in [1.807, 2.05) is 0 Å². The van der Waals surface area contributed by atoms with Crippen molar-refractivity contribution in [1.29, 1.82) is 0 Å². The molecule has 128 valence electrons. The Bertz CT molecular complexity index is 936. The lowest BCUT2D eigenvalue weighted by molar-refractivity contribution is 0.0599. The summed E-state index contributed by atoms with van der Waals surface area (Å²) in [6, 6.07) is 8.76. The SMILES string of the molecule is COC(=O)c1cc(Nc2nc3ccc(F)cc3s2)cc(C(=O)OC)c1. The molecule has 0 bridgehead atoms. The van der Waals surface area contributed by atoms with Crippen molar-refractivity contribution in [3.05, 3.63) is 53.3 Å². The van der Waals surface area contributed by atoms with Gasteiger partial charge in [0, 0.05) is 5.69 Å². The molecule has 0 atom stereocenters. The minimum atomic E-state index is -0.583. The van der Waals surface area contributed by atoms with E-state index in [9.17, 15) is 14.0 Å². The van der Waals surface area contributed by atoms with Crippen LogP contribution in [0.2, 0.25) is 0 Å². The number of rotatable bonds is 4. The molecular weight excluding hydrogens is 347 g/mol. The van der Waals surface area contributed by atoms with E-state index in [4.69, 9.17) is 9.47 Å². The van der Waals surface area contributed by atoms with Gasteiger partial charge in [-0.05, 0) is 36.4 Å². The lowest BCUT2D eigenvalue weighted by Crippen LogP contribution is -2.07. The number of methoxy groups -OCH3 is 2. The first-order valence-electron chi connectivity index (χ1n) is 7.15. The third-order valence-electron chi connectivity index (χ3n) is 3.38. The van der Waals surface area contributed by atoms with Crippen LogP contribution in [0.4, 0.5) is 15.2 Å². The number of halogens is 1. The van der Waals surface area contributed by atoms with Crippen molar-refractivity contribution in [2.75, 3.05) is 19.5 Å². The van der Waals surface area contributed by atoms with Gasteiger partial charge in [0.2, 0.25) is 0 Å². The number of aromatic nitrogens is 1. The summed E-state index contributed by atoms with van der Waals surface area (Å²) in [6.07, 6.45) is 0. The maximum Gasteiger partial charge on any atom is 0.337 e. The van der Waals surface area contributed by atoms with E-state index in [1.165, 1.54) is 55.9 Å². The van der Waals surface area contributed by atoms with E-state index in [0.29, 0.717) is 21.0 Å². The zero-order chi connectivity index (χ0) is 18.0. The minimum absolute atomic E-state index is 0.194. The van der Waals surface area contributed by atoms with Crippen molar-refractivity contribution in [1.82, 2.24) is 4.98 Å². The summed E-state index contributed by atoms with van der Waals surface area (Å²) in [5.74, 6) is -1.51. The van der Waals surface area contributed by atoms with Crippen molar-refractivity contribution < 1.29 is 23.5 Å². The van der Waals surface area contributed by atoms with Gasteiger partial charge in [-0.2, -0.15) is 0 Å². The summed E-state index contributed by atoms with van der Waals surface area (Å²) < 4.78 is 23.4. The number of hydrogen-bond acceptors (Lipinski definition) is 7. The molecule has 2 aromatic carbocycles. The van der Waals surface area contributed by atoms with Crippen molar-refractivity contribution in [3.63, 3.8) is 0 Å². The minimum Gasteiger partial charge on any atom is -0.465 e. The number of fused-ring (bicyclic) bond motifs is 1. The van der Waals surface area contributed by atoms with Crippen LogP contribution in [0.15, 0.2) is 36.4 Å². The number of carbonyl (C=O) groups excluding carboxylic acids is 2. The van der Waals surface area contributed by atoms with E-state index >= 15 is 0 Å². The van der Waals surface area contributed by atoms with Crippen LogP contribution in [0, 0.1) is 5.82 Å². The number of esters is 2. The summed E-state index contributed by atoms with van der Waals surface area (Å²) in [5.41, 5.74) is 1.49. The standard InChI is InChI=1S/C17H13FN2O4S/c1-23-15(21)9-5-10(16(22)24-2)7-12(6-9)19-17-20-13-4-3-11(18)8-14(13)25-17/h3-8H,1-2H3,(H,19,20). The second-order valence-corrected chi connectivity index (χ2v) is 6.07. The van der Waals surface area contributed by atoms with E-state index in [2.05, 4.69) is 10.3 Å². The Morgan fingerprint density at radius 1 is 1.04 bits per heavy atom. The fourth-order valence-corrected chi connectivity index (χ4v) is 3.16. The molecule has 25 heavy (non-hydrogen) atoms. The molecule has 8 heteroatoms. The van der Waals surface area contributed by atoms with E-state index < -0.39 is 11.9 Å². The molecule has 0 aliphatic heterocycles. The summed E-state index contributed by atoms with van der Waals surface area (Å²) in [6.45, 7) is 0. The smallest absolute Gasteiger partial charge is 0.337 e. The van der Waals surface area contributed by atoms with Gasteiger partial charge >= 0.3 is 11.9 Å². The maximum atomic E-state index is 13.3. The number of anilines is 2. The molecule has 0 amide bonds. The molecule has 0 aliphatic carbocycles. The van der Waals surface area contributed by atoms with Gasteiger partial charge in [-0.1, -0.05) is 11.3 Å². The first-order valence-corrected chi connectivity index (χ1v) is 7.96. The summed E-state index contributed by atoms with van der Waals surface area (Å²) in [4.78, 5) is 28.0. The molecule has 0 unspecified atom stereocenters. The number of thiazole rings is 1. The molecular formula is C17H13FN2O4S. The summed E-state index contributed by atoms with van der Waals surface area (Å²) in [5, 5.41) is 3.52. The van der Waals surface area contributed by atoms with E-state index in [1.54, 1.807) is 6.07 Å². The fourth-order valence-electron chi connectivity index (χ4n) is 2.25. The molecule has 1 heterocycles. The molecule has 0 saturated heterocycles. The van der Waals surface area contributed by atoms with Gasteiger partial charge in [0.25, 0.3) is 0 Å². The molecule has 0 aliphatic rings. The van der Waals surface area contributed by atoms with E-state index in [-0.39, 0.29) is 16.9 Å². The Kier molecular flexibility index (Phi) is 4.62. The van der Waals surface area contributed by atoms with E-state index in [0.717, 1.165) is 0 Å². The monoisotopic (exact) mass is 360 g/mol. The van der Waals surface area contributed by atoms with Crippen molar-refractivity contribution in [3.8, 4) is 0 Å². The summed E-state index contributed by atoms with van der Waals surface area (Å²) in [7, 11) is 2.50. The maximum absolute atomic E-state index is 13.3. The van der Waals surface area contributed by atoms with Gasteiger partial charge in [-0.25, -0.2) is 19.0 Å². The molecule has 3 aromatic rings. The van der Waals surface area contributed by atoms with Crippen LogP contribution in [0.25, 0.3) is 10.2 Å². The third-order valence-corrected chi connectivity index (χ3v) is 4.31. The molecule has 0 fully saturated rings. The van der Waals surface area contributed by atoms with Crippen LogP contribution in [0.1, 0.15) is 20.7 Å². The normalized spacial score (nSPS) is 10.5. The Hall–Kier alpha value is -3.00. The highest BCUT2D eigenvalue weighted by molar-refractivity contribution is 7.22. The average molecular weight is 360 g/mol. The Morgan fingerprint density at radius 3 is 2.28 bits per heavy atom. The quantitative estimate of drug-likeness (QED) is 0.714. The zero-order valence-corrected chi connectivity index (χ0v) is 14.1. The number of carbonyl (C=O) groups is 2. The van der Waals surface area contributed by atoms with Gasteiger partial charge in [0.1, 0.15) is 5.82 Å². The predicted molar refractivity (Wildman–Crippen MR) is 92.0 cm³/mol. The van der Waals surface area contributed by atoms with Gasteiger partial charge in [0.15, 0.2) is 5.13 Å². The molecule has 1 aromatic heterocycles. The lowest BCUT2D eigenvalue weighted by Gasteiger charge is -2.08. The van der Waals surface area contributed by atoms with Crippen molar-refractivity contribution in [2.24, 2.45) is 0 Å². The van der Waals surface area contributed by atoms with Gasteiger partial charge in [-0.3, -0.25) is 0 Å². The Morgan fingerprint density at radius 2 is 1.68 bits per heavy atom. The largest absolute Gasteiger partial charge is 0.465 e. The molecule has 1 N–H and O–H groups in total. The predicted octanol–water partition coefficient (Wildman–Crippen LogP) is 3.75. The van der Waals surface area contributed by atoms with Gasteiger partial charge in [-0.15, -0.1) is 0 Å². The van der Waals surface area contributed by atoms with Gasteiger partial charge < -0.3 is 14.8 Å². The number of nitrogens with zero attached hydrogens (tertiary/aromatic N) is 1. The van der Waals surface area contributed by atoms with Crippen molar-refractivity contribution in [2.45, 2.75) is 0 Å².